The van der Waals surface area contributed by atoms with Crippen LogP contribution in [0.1, 0.15) is 33.8 Å². The molecular weight excluding hydrogens is 568 g/mol. The van der Waals surface area contributed by atoms with Crippen molar-refractivity contribution in [2.45, 2.75) is 31.7 Å². The smallest absolute Gasteiger partial charge is 0.416 e. The molecule has 2 aliphatic rings. The largest absolute Gasteiger partial charge is 0.496 e. The summed E-state index contributed by atoms with van der Waals surface area (Å²) in [7, 11) is 1.58. The first-order chi connectivity index (χ1) is 19.9. The van der Waals surface area contributed by atoms with Gasteiger partial charge in [0.1, 0.15) is 17.4 Å². The standard InChI is InChI=1S/C28H27F6N5O3/c1-41-23-5-3-2-4-17(23)12-24-36-22-6-7-39(16-21(22)25(37-24)38-8-10-42-11-9-38)26(40)35-20-14-18(27(29,30)31)13-19(15-20)28(32,33)34/h2-5,13-15H,6-12,16H2,1H3,(H,35,40). The molecule has 2 aliphatic heterocycles. The molecule has 3 aromatic rings. The Balaban J connectivity index is 1.43. The van der Waals surface area contributed by atoms with E-state index in [4.69, 9.17) is 19.4 Å². The molecule has 0 bridgehead atoms. The Hall–Kier alpha value is -4.07. The summed E-state index contributed by atoms with van der Waals surface area (Å²) in [5.74, 6) is 1.86. The average Bonchev–Trinajstić information content (AvgIpc) is 2.96. The highest BCUT2D eigenvalue weighted by molar-refractivity contribution is 5.90. The Morgan fingerprint density at radius 3 is 2.29 bits per heavy atom. The highest BCUT2D eigenvalue weighted by Crippen LogP contribution is 2.38. The number of fused-ring (bicyclic) bond motifs is 1. The van der Waals surface area contributed by atoms with Crippen molar-refractivity contribution < 1.29 is 40.6 Å². The number of amides is 2. The third-order valence-electron chi connectivity index (χ3n) is 7.06. The molecule has 224 valence electrons. The number of aromatic nitrogens is 2. The van der Waals surface area contributed by atoms with Crippen LogP contribution in [0.4, 0.5) is 42.6 Å². The normalized spacial score (nSPS) is 15.8. The number of nitrogens with one attached hydrogen (secondary N) is 1. The zero-order chi connectivity index (χ0) is 30.1. The Kier molecular flexibility index (Phi) is 8.17. The summed E-state index contributed by atoms with van der Waals surface area (Å²) in [4.78, 5) is 26.1. The first-order valence-corrected chi connectivity index (χ1v) is 13.1. The molecule has 2 aromatic carbocycles. The molecule has 0 aliphatic carbocycles. The minimum atomic E-state index is -5.03. The van der Waals surface area contributed by atoms with Gasteiger partial charge in [-0.3, -0.25) is 0 Å². The topological polar surface area (TPSA) is 79.8 Å². The van der Waals surface area contributed by atoms with Crippen molar-refractivity contribution in [2.24, 2.45) is 0 Å². The summed E-state index contributed by atoms with van der Waals surface area (Å²) in [6.07, 6.45) is -9.35. The molecule has 0 radical (unpaired) electrons. The van der Waals surface area contributed by atoms with E-state index in [2.05, 4.69) is 5.32 Å². The predicted molar refractivity (Wildman–Crippen MR) is 140 cm³/mol. The fourth-order valence-electron chi connectivity index (χ4n) is 4.98. The van der Waals surface area contributed by atoms with Gasteiger partial charge in [0.25, 0.3) is 0 Å². The van der Waals surface area contributed by atoms with E-state index in [9.17, 15) is 31.1 Å². The lowest BCUT2D eigenvalue weighted by atomic mass is 10.0. The number of anilines is 2. The number of para-hydroxylation sites is 1. The zero-order valence-electron chi connectivity index (χ0n) is 22.5. The van der Waals surface area contributed by atoms with Crippen LogP contribution < -0.4 is 15.0 Å². The number of rotatable bonds is 5. The molecular formula is C28H27F6N5O3. The van der Waals surface area contributed by atoms with Gasteiger partial charge in [0.2, 0.25) is 0 Å². The van der Waals surface area contributed by atoms with Gasteiger partial charge in [-0.25, -0.2) is 14.8 Å². The second-order valence-electron chi connectivity index (χ2n) is 9.87. The third-order valence-corrected chi connectivity index (χ3v) is 7.06. The Morgan fingerprint density at radius 1 is 0.976 bits per heavy atom. The molecule has 1 N–H and O–H groups in total. The average molecular weight is 596 g/mol. The molecule has 0 atom stereocenters. The van der Waals surface area contributed by atoms with Crippen LogP contribution in [0.25, 0.3) is 0 Å². The molecule has 8 nitrogen and oxygen atoms in total. The number of morpholine rings is 1. The highest BCUT2D eigenvalue weighted by atomic mass is 19.4. The van der Waals surface area contributed by atoms with Crippen molar-refractivity contribution >= 4 is 17.5 Å². The summed E-state index contributed by atoms with van der Waals surface area (Å²) in [5.41, 5.74) is -1.35. The lowest BCUT2D eigenvalue weighted by molar-refractivity contribution is -0.143. The van der Waals surface area contributed by atoms with Crippen LogP contribution >= 0.6 is 0 Å². The van der Waals surface area contributed by atoms with Crippen LogP contribution in [0, 0.1) is 0 Å². The number of benzene rings is 2. The van der Waals surface area contributed by atoms with Crippen molar-refractivity contribution in [3.8, 4) is 5.75 Å². The number of nitrogens with zero attached hydrogens (tertiary/aromatic N) is 4. The quantitative estimate of drug-likeness (QED) is 0.391. The Bertz CT molecular complexity index is 1420. The second-order valence-corrected chi connectivity index (χ2v) is 9.87. The lowest BCUT2D eigenvalue weighted by Crippen LogP contribution is -2.42. The van der Waals surface area contributed by atoms with Gasteiger partial charge in [0.05, 0.1) is 43.7 Å². The summed E-state index contributed by atoms with van der Waals surface area (Å²) >= 11 is 0. The molecule has 5 rings (SSSR count). The molecule has 0 spiro atoms. The maximum Gasteiger partial charge on any atom is 0.416 e. The van der Waals surface area contributed by atoms with Crippen molar-refractivity contribution in [3.63, 3.8) is 0 Å². The fourth-order valence-corrected chi connectivity index (χ4v) is 4.98. The van der Waals surface area contributed by atoms with Gasteiger partial charge in [-0.15, -0.1) is 0 Å². The molecule has 1 fully saturated rings. The van der Waals surface area contributed by atoms with Crippen molar-refractivity contribution in [1.82, 2.24) is 14.9 Å². The van der Waals surface area contributed by atoms with Crippen molar-refractivity contribution in [3.05, 3.63) is 76.2 Å². The summed E-state index contributed by atoms with van der Waals surface area (Å²) < 4.78 is 90.8. The Morgan fingerprint density at radius 2 is 1.64 bits per heavy atom. The molecule has 14 heteroatoms. The van der Waals surface area contributed by atoms with Gasteiger partial charge < -0.3 is 24.6 Å². The van der Waals surface area contributed by atoms with E-state index in [-0.39, 0.29) is 19.2 Å². The number of carbonyl (C=O) groups excluding carboxylic acids is 1. The molecule has 0 unspecified atom stereocenters. The first kappa shape index (κ1) is 29.4. The van der Waals surface area contributed by atoms with Crippen LogP contribution in [0.5, 0.6) is 5.75 Å². The first-order valence-electron chi connectivity index (χ1n) is 13.1. The summed E-state index contributed by atoms with van der Waals surface area (Å²) in [5, 5.41) is 2.22. The van der Waals surface area contributed by atoms with Gasteiger partial charge >= 0.3 is 18.4 Å². The van der Waals surface area contributed by atoms with E-state index < -0.39 is 35.2 Å². The minimum Gasteiger partial charge on any atom is -0.496 e. The molecule has 3 heterocycles. The number of ether oxygens (including phenoxy) is 2. The molecule has 1 saturated heterocycles. The molecule has 42 heavy (non-hydrogen) atoms. The van der Waals surface area contributed by atoms with E-state index >= 15 is 0 Å². The van der Waals surface area contributed by atoms with Crippen LogP contribution in [-0.2, 0) is 36.5 Å². The van der Waals surface area contributed by atoms with E-state index in [1.807, 2.05) is 29.2 Å². The maximum atomic E-state index is 13.3. The monoisotopic (exact) mass is 595 g/mol. The highest BCUT2D eigenvalue weighted by Gasteiger charge is 2.37. The SMILES string of the molecule is COc1ccccc1Cc1nc2c(c(N3CCOCC3)n1)CN(C(=O)Nc1cc(C(F)(F)F)cc(C(F)(F)F)c1)CC2. The number of hydrogen-bond acceptors (Lipinski definition) is 6. The maximum absolute atomic E-state index is 13.3. The number of methoxy groups -OCH3 is 1. The fraction of sp³-hybridized carbons (Fsp3) is 0.393. The number of urea groups is 1. The number of halogens is 6. The third kappa shape index (κ3) is 6.53. The molecule has 0 saturated carbocycles. The van der Waals surface area contributed by atoms with E-state index in [0.717, 1.165) is 11.3 Å². The Labute approximate surface area is 237 Å². The van der Waals surface area contributed by atoms with Gasteiger partial charge in [-0.05, 0) is 24.3 Å². The molecule has 1 aromatic heterocycles. The van der Waals surface area contributed by atoms with Gasteiger partial charge in [0.15, 0.2) is 0 Å². The summed E-state index contributed by atoms with van der Waals surface area (Å²) in [6, 6.07) is 7.65. The number of hydrogen-bond donors (Lipinski definition) is 1. The van der Waals surface area contributed by atoms with E-state index in [0.29, 0.717) is 74.2 Å². The number of alkyl halides is 6. The summed E-state index contributed by atoms with van der Waals surface area (Å²) in [6.45, 7) is 2.22. The minimum absolute atomic E-state index is 0.0152. The van der Waals surface area contributed by atoms with Crippen LogP contribution in [0.3, 0.4) is 0 Å². The van der Waals surface area contributed by atoms with Gasteiger partial charge in [-0.1, -0.05) is 18.2 Å². The van der Waals surface area contributed by atoms with Crippen LogP contribution in [-0.4, -0.2) is 60.9 Å². The van der Waals surface area contributed by atoms with Crippen LogP contribution in [0.2, 0.25) is 0 Å². The van der Waals surface area contributed by atoms with Crippen molar-refractivity contribution in [1.29, 1.82) is 0 Å². The van der Waals surface area contributed by atoms with Gasteiger partial charge in [-0.2, -0.15) is 26.3 Å². The van der Waals surface area contributed by atoms with E-state index in [1.54, 1.807) is 7.11 Å². The van der Waals surface area contributed by atoms with Crippen LogP contribution in [0.15, 0.2) is 42.5 Å². The number of carbonyl (C=O) groups is 1. The van der Waals surface area contributed by atoms with E-state index in [1.165, 1.54) is 4.90 Å². The molecule has 2 amide bonds. The zero-order valence-corrected chi connectivity index (χ0v) is 22.5. The lowest BCUT2D eigenvalue weighted by Gasteiger charge is -2.34. The van der Waals surface area contributed by atoms with Crippen molar-refractivity contribution in [2.75, 3.05) is 50.2 Å². The second kappa shape index (κ2) is 11.7. The predicted octanol–water partition coefficient (Wildman–Crippen LogP) is 5.54. The van der Waals surface area contributed by atoms with Gasteiger partial charge in [0, 0.05) is 49.3 Å².